The first-order chi connectivity index (χ1) is 7.63. The second-order valence-corrected chi connectivity index (χ2v) is 5.87. The van der Waals surface area contributed by atoms with Crippen molar-refractivity contribution >= 4 is 34.3 Å². The minimum absolute atomic E-state index is 0.0543. The Morgan fingerprint density at radius 2 is 2.06 bits per heavy atom. The number of fused-ring (bicyclic) bond motifs is 3. The van der Waals surface area contributed by atoms with Gasteiger partial charge < -0.3 is 0 Å². The highest BCUT2D eigenvalue weighted by Gasteiger charge is 2.57. The number of amides is 1. The van der Waals surface area contributed by atoms with Gasteiger partial charge in [-0.1, -0.05) is 29.5 Å². The summed E-state index contributed by atoms with van der Waals surface area (Å²) in [6.07, 6.45) is 3.37. The molecule has 1 fully saturated rings. The van der Waals surface area contributed by atoms with Crippen molar-refractivity contribution in [3.05, 3.63) is 18.1 Å². The van der Waals surface area contributed by atoms with Gasteiger partial charge >= 0.3 is 0 Å². The molecule has 4 atom stereocenters. The summed E-state index contributed by atoms with van der Waals surface area (Å²) < 4.78 is 0.0543. The number of rotatable bonds is 0. The number of halogens is 1. The second kappa shape index (κ2) is 3.38. The molecule has 1 saturated carbocycles. The van der Waals surface area contributed by atoms with Crippen molar-refractivity contribution in [3.8, 4) is 0 Å². The lowest BCUT2D eigenvalue weighted by atomic mass is 10.2. The maximum absolute atomic E-state index is 12.1. The highest BCUT2D eigenvalue weighted by Crippen LogP contribution is 2.59. The van der Waals surface area contributed by atoms with Gasteiger partial charge in [-0.25, -0.2) is 4.98 Å². The number of carbonyl (C=O) groups is 1. The molecule has 2 heterocycles. The van der Waals surface area contributed by atoms with Gasteiger partial charge in [0.25, 0.3) is 0 Å². The Kier molecular flexibility index (Phi) is 2.21. The Bertz CT molecular complexity index is 464. The third-order valence-corrected chi connectivity index (χ3v) is 5.05. The van der Waals surface area contributed by atoms with Crippen LogP contribution >= 0.6 is 22.6 Å². The first-order valence-corrected chi connectivity index (χ1v) is 6.60. The van der Waals surface area contributed by atoms with Gasteiger partial charge in [-0.2, -0.15) is 0 Å². The van der Waals surface area contributed by atoms with Crippen LogP contribution in [0.15, 0.2) is 12.4 Å². The topological polar surface area (TPSA) is 46.1 Å². The molecular formula is C11H12IN3O. The number of hydrogen-bond acceptors (Lipinski definition) is 3. The molecular weight excluding hydrogens is 317 g/mol. The molecule has 1 amide bonds. The van der Waals surface area contributed by atoms with Gasteiger partial charge in [0, 0.05) is 25.4 Å². The van der Waals surface area contributed by atoms with Crippen molar-refractivity contribution in [2.24, 2.45) is 11.8 Å². The molecule has 0 aromatic carbocycles. The Labute approximate surface area is 108 Å². The van der Waals surface area contributed by atoms with E-state index < -0.39 is 0 Å². The predicted molar refractivity (Wildman–Crippen MR) is 68.6 cm³/mol. The number of nitrogens with zero attached hydrogens (tertiary/aromatic N) is 3. The average Bonchev–Trinajstić information content (AvgIpc) is 2.98. The molecule has 0 spiro atoms. The van der Waals surface area contributed by atoms with E-state index in [1.807, 2.05) is 0 Å². The van der Waals surface area contributed by atoms with Crippen molar-refractivity contribution in [2.45, 2.75) is 16.8 Å². The first kappa shape index (κ1) is 10.4. The van der Waals surface area contributed by atoms with Gasteiger partial charge in [0.15, 0.2) is 5.82 Å². The summed E-state index contributed by atoms with van der Waals surface area (Å²) in [5, 5.41) is 0. The minimum Gasteiger partial charge on any atom is -0.298 e. The highest BCUT2D eigenvalue weighted by atomic mass is 127. The quantitative estimate of drug-likeness (QED) is 0.537. The van der Waals surface area contributed by atoms with E-state index in [2.05, 4.69) is 39.5 Å². The Morgan fingerprint density at radius 3 is 2.81 bits per heavy atom. The van der Waals surface area contributed by atoms with E-state index in [9.17, 15) is 4.79 Å². The van der Waals surface area contributed by atoms with Crippen LogP contribution in [0.2, 0.25) is 0 Å². The molecule has 1 aromatic rings. The van der Waals surface area contributed by atoms with Crippen LogP contribution in [0, 0.1) is 11.8 Å². The third-order valence-electron chi connectivity index (χ3n) is 3.69. The van der Waals surface area contributed by atoms with Crippen molar-refractivity contribution < 1.29 is 4.79 Å². The van der Waals surface area contributed by atoms with Gasteiger partial charge in [-0.15, -0.1) is 0 Å². The van der Waals surface area contributed by atoms with Gasteiger partial charge in [0.05, 0.1) is 9.62 Å². The number of hydrogen-bond donors (Lipinski definition) is 0. The zero-order valence-corrected chi connectivity index (χ0v) is 11.2. The zero-order valence-electron chi connectivity index (χ0n) is 9.09. The second-order valence-electron chi connectivity index (χ2n) is 4.53. The summed E-state index contributed by atoms with van der Waals surface area (Å²) in [7, 11) is 1.79. The summed E-state index contributed by atoms with van der Waals surface area (Å²) in [6, 6.07) is 0. The lowest BCUT2D eigenvalue weighted by molar-refractivity contribution is -0.117. The highest BCUT2D eigenvalue weighted by molar-refractivity contribution is 14.1. The fourth-order valence-electron chi connectivity index (χ4n) is 2.66. The number of alkyl halides is 1. The molecule has 1 aliphatic carbocycles. The Hall–Kier alpha value is -0.720. The number of anilines is 1. The molecule has 1 aliphatic heterocycles. The normalized spacial score (nSPS) is 36.4. The fourth-order valence-corrected chi connectivity index (χ4v) is 4.18. The van der Waals surface area contributed by atoms with Gasteiger partial charge in [-0.05, 0) is 11.8 Å². The molecule has 2 aliphatic rings. The molecule has 16 heavy (non-hydrogen) atoms. The van der Waals surface area contributed by atoms with E-state index in [4.69, 9.17) is 0 Å². The molecule has 0 radical (unpaired) electrons. The maximum Gasteiger partial charge on any atom is 0.241 e. The molecule has 3 rings (SSSR count). The van der Waals surface area contributed by atoms with E-state index in [-0.39, 0.29) is 9.83 Å². The van der Waals surface area contributed by atoms with Crippen LogP contribution in [0.1, 0.15) is 18.5 Å². The lowest BCUT2D eigenvalue weighted by Crippen LogP contribution is -2.34. The van der Waals surface area contributed by atoms with Crippen LogP contribution in [0.25, 0.3) is 0 Å². The lowest BCUT2D eigenvalue weighted by Gasteiger charge is -2.19. The van der Waals surface area contributed by atoms with Crippen molar-refractivity contribution in [1.29, 1.82) is 0 Å². The molecule has 84 valence electrons. The van der Waals surface area contributed by atoms with Crippen LogP contribution in [-0.2, 0) is 4.79 Å². The van der Waals surface area contributed by atoms with Crippen molar-refractivity contribution in [3.63, 3.8) is 0 Å². The van der Waals surface area contributed by atoms with Gasteiger partial charge in [-0.3, -0.25) is 14.7 Å². The van der Waals surface area contributed by atoms with Crippen molar-refractivity contribution in [1.82, 2.24) is 9.97 Å². The Morgan fingerprint density at radius 1 is 1.38 bits per heavy atom. The molecule has 4 nitrogen and oxygen atoms in total. The number of carbonyl (C=O) groups excluding carboxylic acids is 1. The van der Waals surface area contributed by atoms with Crippen LogP contribution in [0.5, 0.6) is 0 Å². The predicted octanol–water partition coefficient (Wildman–Crippen LogP) is 1.61. The summed E-state index contributed by atoms with van der Waals surface area (Å²) in [5.41, 5.74) is 0.995. The first-order valence-electron chi connectivity index (χ1n) is 5.35. The van der Waals surface area contributed by atoms with E-state index in [1.54, 1.807) is 24.3 Å². The fraction of sp³-hybridized carbons (Fsp3) is 0.545. The molecule has 0 unspecified atom stereocenters. The van der Waals surface area contributed by atoms with Crippen molar-refractivity contribution in [2.75, 3.05) is 11.9 Å². The van der Waals surface area contributed by atoms with Crippen LogP contribution in [0.4, 0.5) is 5.82 Å². The minimum atomic E-state index is 0.0543. The summed E-state index contributed by atoms with van der Waals surface area (Å²) in [4.78, 5) is 22.5. The molecule has 5 heteroatoms. The molecule has 1 aromatic heterocycles. The summed E-state index contributed by atoms with van der Waals surface area (Å²) in [6.45, 7) is 2.19. The Balaban J connectivity index is 2.15. The maximum atomic E-state index is 12.1. The van der Waals surface area contributed by atoms with Crippen LogP contribution in [0.3, 0.4) is 0 Å². The van der Waals surface area contributed by atoms with Gasteiger partial charge in [0.1, 0.15) is 0 Å². The molecule has 0 saturated heterocycles. The van der Waals surface area contributed by atoms with E-state index in [0.29, 0.717) is 17.8 Å². The van der Waals surface area contributed by atoms with Crippen LogP contribution in [-0.4, -0.2) is 26.8 Å². The number of aromatic nitrogens is 2. The largest absolute Gasteiger partial charge is 0.298 e. The van der Waals surface area contributed by atoms with E-state index in [0.717, 1.165) is 11.5 Å². The molecule has 0 bridgehead atoms. The smallest absolute Gasteiger partial charge is 0.241 e. The third kappa shape index (κ3) is 1.23. The zero-order chi connectivity index (χ0) is 11.4. The summed E-state index contributed by atoms with van der Waals surface area (Å²) in [5.74, 6) is 2.30. The van der Waals surface area contributed by atoms with Crippen LogP contribution < -0.4 is 4.90 Å². The van der Waals surface area contributed by atoms with E-state index >= 15 is 0 Å². The average molecular weight is 329 g/mol. The molecule has 0 N–H and O–H groups in total. The summed E-state index contributed by atoms with van der Waals surface area (Å²) >= 11 is 2.26. The monoisotopic (exact) mass is 329 g/mol. The standard InChI is InChI=1S/C11H12IN3O/c1-5-6-7(5)9-10(14-4-3-13-9)15(2)11(16)8(6)12/h3-8H,1-2H3/t5-,6-,7-,8-/m1/s1. The van der Waals surface area contributed by atoms with E-state index in [1.165, 1.54) is 0 Å². The SMILES string of the molecule is C[C@H]1[C@H]2c3nccnc3N(C)C(=O)[C@H](I)[C@H]12. The van der Waals surface area contributed by atoms with Gasteiger partial charge in [0.2, 0.25) is 5.91 Å².